The van der Waals surface area contributed by atoms with E-state index >= 15 is 0 Å². The highest BCUT2D eigenvalue weighted by atomic mass is 16.5. The van der Waals surface area contributed by atoms with Crippen LogP contribution in [-0.4, -0.2) is 45.4 Å². The maximum atomic E-state index is 12.4. The molecule has 2 atom stereocenters. The van der Waals surface area contributed by atoms with Crippen molar-refractivity contribution in [1.29, 1.82) is 0 Å². The standard InChI is InChI=1S/C19H14O10/c1-28-18(26)10-4-7-5-11(20)12(21)6-9(7)14(15(10)17(24)25)8-2-3-13(16(22)23)29-19(8)27/h2-6,14-15,20-21H,1H3,(H,22,23)(H,24,25)/t14-,15-/m0/s1. The lowest BCUT2D eigenvalue weighted by atomic mass is 9.71. The molecule has 10 nitrogen and oxygen atoms in total. The summed E-state index contributed by atoms with van der Waals surface area (Å²) in [5, 5.41) is 38.4. The number of ether oxygens (including phenoxy) is 1. The minimum Gasteiger partial charge on any atom is -0.504 e. The number of aromatic carboxylic acids is 1. The molecule has 0 aliphatic heterocycles. The number of carbonyl (C=O) groups excluding carboxylic acids is 1. The van der Waals surface area contributed by atoms with Gasteiger partial charge in [-0.3, -0.25) is 4.79 Å². The molecule has 150 valence electrons. The van der Waals surface area contributed by atoms with E-state index in [0.717, 1.165) is 31.4 Å². The van der Waals surface area contributed by atoms with E-state index in [1.54, 1.807) is 0 Å². The molecule has 2 aromatic rings. The zero-order valence-corrected chi connectivity index (χ0v) is 14.8. The first-order chi connectivity index (χ1) is 13.6. The van der Waals surface area contributed by atoms with Gasteiger partial charge >= 0.3 is 23.5 Å². The van der Waals surface area contributed by atoms with E-state index < -0.39 is 52.6 Å². The van der Waals surface area contributed by atoms with Crippen LogP contribution in [-0.2, 0) is 14.3 Å². The topological polar surface area (TPSA) is 172 Å². The first-order valence-electron chi connectivity index (χ1n) is 8.11. The molecule has 0 fully saturated rings. The number of aromatic hydroxyl groups is 2. The number of hydrogen-bond donors (Lipinski definition) is 4. The van der Waals surface area contributed by atoms with Gasteiger partial charge in [-0.25, -0.2) is 14.4 Å². The molecule has 4 N–H and O–H groups in total. The number of rotatable bonds is 4. The van der Waals surface area contributed by atoms with Crippen molar-refractivity contribution < 1.29 is 44.0 Å². The highest BCUT2D eigenvalue weighted by Gasteiger charge is 2.43. The lowest BCUT2D eigenvalue weighted by Gasteiger charge is -2.30. The summed E-state index contributed by atoms with van der Waals surface area (Å²) < 4.78 is 9.39. The molecule has 0 spiro atoms. The van der Waals surface area contributed by atoms with Gasteiger partial charge in [0.2, 0.25) is 5.76 Å². The van der Waals surface area contributed by atoms with Gasteiger partial charge in [0.25, 0.3) is 0 Å². The molecular formula is C19H14O10. The van der Waals surface area contributed by atoms with Gasteiger partial charge in [-0.05, 0) is 41.5 Å². The van der Waals surface area contributed by atoms with Gasteiger partial charge in [0.05, 0.1) is 18.6 Å². The number of esters is 1. The lowest BCUT2D eigenvalue weighted by Crippen LogP contribution is -2.34. The number of fused-ring (bicyclic) bond motifs is 1. The first-order valence-corrected chi connectivity index (χ1v) is 8.11. The predicted molar refractivity (Wildman–Crippen MR) is 94.7 cm³/mol. The summed E-state index contributed by atoms with van der Waals surface area (Å²) in [7, 11) is 1.05. The smallest absolute Gasteiger partial charge is 0.371 e. The quantitative estimate of drug-likeness (QED) is 0.429. The molecule has 1 aromatic heterocycles. The molecule has 1 heterocycles. The number of hydrogen-bond acceptors (Lipinski definition) is 8. The Morgan fingerprint density at radius 1 is 1.03 bits per heavy atom. The van der Waals surface area contributed by atoms with E-state index in [-0.39, 0.29) is 22.3 Å². The van der Waals surface area contributed by atoms with Crippen LogP contribution in [0.2, 0.25) is 0 Å². The molecule has 3 rings (SSSR count). The van der Waals surface area contributed by atoms with E-state index in [4.69, 9.17) is 9.52 Å². The summed E-state index contributed by atoms with van der Waals surface area (Å²) in [4.78, 5) is 47.7. The van der Waals surface area contributed by atoms with Crippen molar-refractivity contribution in [1.82, 2.24) is 0 Å². The summed E-state index contributed by atoms with van der Waals surface area (Å²) in [5.41, 5.74) is -1.38. The van der Waals surface area contributed by atoms with E-state index in [9.17, 15) is 34.5 Å². The summed E-state index contributed by atoms with van der Waals surface area (Å²) in [6.07, 6.45) is 1.18. The summed E-state index contributed by atoms with van der Waals surface area (Å²) in [6, 6.07) is 4.24. The zero-order valence-electron chi connectivity index (χ0n) is 14.8. The van der Waals surface area contributed by atoms with Crippen LogP contribution in [0.4, 0.5) is 0 Å². The van der Waals surface area contributed by atoms with Crippen LogP contribution in [0.3, 0.4) is 0 Å². The maximum Gasteiger partial charge on any atom is 0.371 e. The van der Waals surface area contributed by atoms with Gasteiger partial charge in [-0.15, -0.1) is 0 Å². The molecule has 10 heteroatoms. The second kappa shape index (κ2) is 7.15. The number of phenolic OH excluding ortho intramolecular Hbond substituents is 2. The minimum atomic E-state index is -1.60. The van der Waals surface area contributed by atoms with E-state index in [1.807, 2.05) is 0 Å². The molecule has 1 aromatic carbocycles. The fourth-order valence-corrected chi connectivity index (χ4v) is 3.32. The van der Waals surface area contributed by atoms with Gasteiger partial charge in [-0.1, -0.05) is 0 Å². The molecule has 0 unspecified atom stereocenters. The van der Waals surface area contributed by atoms with Crippen molar-refractivity contribution in [3.63, 3.8) is 0 Å². The van der Waals surface area contributed by atoms with E-state index in [1.165, 1.54) is 6.08 Å². The Hall–Kier alpha value is -4.08. The number of phenols is 2. The molecular weight excluding hydrogens is 388 g/mol. The zero-order chi connectivity index (χ0) is 21.5. The van der Waals surface area contributed by atoms with Crippen molar-refractivity contribution in [3.05, 3.63) is 62.7 Å². The molecule has 1 aliphatic rings. The first kappa shape index (κ1) is 19.7. The Bertz CT molecular complexity index is 1120. The molecule has 0 amide bonds. The third-order valence-electron chi connectivity index (χ3n) is 4.58. The second-order valence-electron chi connectivity index (χ2n) is 6.20. The number of benzene rings is 1. The lowest BCUT2D eigenvalue weighted by molar-refractivity contribution is -0.145. The molecule has 0 saturated carbocycles. The van der Waals surface area contributed by atoms with Gasteiger partial charge < -0.3 is 29.6 Å². The van der Waals surface area contributed by atoms with Crippen molar-refractivity contribution >= 4 is 24.0 Å². The third kappa shape index (κ3) is 3.31. The number of aliphatic carboxylic acids is 1. The molecule has 0 saturated heterocycles. The largest absolute Gasteiger partial charge is 0.504 e. The van der Waals surface area contributed by atoms with Crippen LogP contribution >= 0.6 is 0 Å². The van der Waals surface area contributed by atoms with Gasteiger partial charge in [0, 0.05) is 11.5 Å². The molecule has 29 heavy (non-hydrogen) atoms. The fraction of sp³-hybridized carbons (Fsp3) is 0.158. The summed E-state index contributed by atoms with van der Waals surface area (Å²) >= 11 is 0. The minimum absolute atomic E-state index is 0.121. The molecule has 0 bridgehead atoms. The van der Waals surface area contributed by atoms with Crippen LogP contribution in [0.5, 0.6) is 11.5 Å². The van der Waals surface area contributed by atoms with E-state index in [2.05, 4.69) is 4.74 Å². The maximum absolute atomic E-state index is 12.4. The Morgan fingerprint density at radius 2 is 1.69 bits per heavy atom. The van der Waals surface area contributed by atoms with Crippen LogP contribution in [0.15, 0.2) is 39.1 Å². The highest BCUT2D eigenvalue weighted by molar-refractivity contribution is 6.01. The number of carboxylic acids is 2. The van der Waals surface area contributed by atoms with Crippen LogP contribution in [0, 0.1) is 5.92 Å². The third-order valence-corrected chi connectivity index (χ3v) is 4.58. The predicted octanol–water partition coefficient (Wildman–Crippen LogP) is 1.15. The SMILES string of the molecule is COC(=O)C1=Cc2cc(O)c(O)cc2[C@H](c2ccc(C(=O)O)oc2=O)[C@H]1C(=O)O. The summed E-state index contributed by atoms with van der Waals surface area (Å²) in [6.45, 7) is 0. The Kier molecular flexibility index (Phi) is 4.85. The van der Waals surface area contributed by atoms with Crippen LogP contribution < -0.4 is 5.63 Å². The van der Waals surface area contributed by atoms with E-state index in [0.29, 0.717) is 0 Å². The highest BCUT2D eigenvalue weighted by Crippen LogP contribution is 2.45. The summed E-state index contributed by atoms with van der Waals surface area (Å²) in [5.74, 6) is -8.60. The average Bonchev–Trinajstić information content (AvgIpc) is 2.67. The molecule has 1 aliphatic carbocycles. The Labute approximate surface area is 161 Å². The monoisotopic (exact) mass is 402 g/mol. The van der Waals surface area contributed by atoms with Gasteiger partial charge in [0.15, 0.2) is 11.5 Å². The van der Waals surface area contributed by atoms with Crippen molar-refractivity contribution in [2.24, 2.45) is 5.92 Å². The van der Waals surface area contributed by atoms with Crippen molar-refractivity contribution in [3.8, 4) is 11.5 Å². The average molecular weight is 402 g/mol. The Balaban J connectivity index is 2.34. The fourth-order valence-electron chi connectivity index (χ4n) is 3.32. The second-order valence-corrected chi connectivity index (χ2v) is 6.20. The normalized spacial score (nSPS) is 17.8. The Morgan fingerprint density at radius 3 is 2.24 bits per heavy atom. The number of carboxylic acid groups (broad SMARTS) is 2. The number of methoxy groups -OCH3 is 1. The van der Waals surface area contributed by atoms with Crippen molar-refractivity contribution in [2.75, 3.05) is 7.11 Å². The van der Waals surface area contributed by atoms with Crippen molar-refractivity contribution in [2.45, 2.75) is 5.92 Å². The van der Waals surface area contributed by atoms with Gasteiger partial charge in [0.1, 0.15) is 0 Å². The van der Waals surface area contributed by atoms with Crippen LogP contribution in [0.25, 0.3) is 6.08 Å². The molecule has 0 radical (unpaired) electrons. The van der Waals surface area contributed by atoms with Gasteiger partial charge in [-0.2, -0.15) is 0 Å². The van der Waals surface area contributed by atoms with Crippen LogP contribution in [0.1, 0.15) is 33.2 Å². The number of carbonyl (C=O) groups is 3.